The zero-order chi connectivity index (χ0) is 26.5. The minimum Gasteiger partial charge on any atom is -0.503 e. The smallest absolute Gasteiger partial charge is 0.290 e. The first-order valence-electron chi connectivity index (χ1n) is 12.0. The maximum Gasteiger partial charge on any atom is 0.290 e. The summed E-state index contributed by atoms with van der Waals surface area (Å²) in [6.07, 6.45) is 0.655. The minimum absolute atomic E-state index is 0.00651. The highest BCUT2D eigenvalue weighted by atomic mass is 35.5. The van der Waals surface area contributed by atoms with E-state index >= 15 is 0 Å². The van der Waals surface area contributed by atoms with Crippen LogP contribution in [0.25, 0.3) is 0 Å². The second-order valence-electron chi connectivity index (χ2n) is 8.77. The van der Waals surface area contributed by atoms with Crippen molar-refractivity contribution in [3.63, 3.8) is 0 Å². The Morgan fingerprint density at radius 1 is 1.03 bits per heavy atom. The molecule has 10 heteroatoms. The van der Waals surface area contributed by atoms with E-state index in [1.165, 1.54) is 26.2 Å². The molecule has 1 N–H and O–H groups in total. The summed E-state index contributed by atoms with van der Waals surface area (Å²) >= 11 is 6.01. The van der Waals surface area contributed by atoms with Crippen molar-refractivity contribution in [1.82, 2.24) is 9.80 Å². The lowest BCUT2D eigenvalue weighted by atomic mass is 9.92. The van der Waals surface area contributed by atoms with Crippen molar-refractivity contribution >= 4 is 23.3 Å². The lowest BCUT2D eigenvalue weighted by Gasteiger charge is -2.30. The van der Waals surface area contributed by atoms with Crippen molar-refractivity contribution in [3.8, 4) is 17.2 Å². The first-order chi connectivity index (χ1) is 17.9. The van der Waals surface area contributed by atoms with Crippen molar-refractivity contribution in [2.45, 2.75) is 12.5 Å². The SMILES string of the molecule is COc1cc(C2C(C(=O)c3ccc(Cl)cc3)=C(O)C(=O)N2CCCN2CCOCC2)cc(OC)c1OC. The Labute approximate surface area is 221 Å². The zero-order valence-electron chi connectivity index (χ0n) is 21.2. The molecule has 2 aliphatic heterocycles. The Bertz CT molecular complexity index is 1150. The number of benzene rings is 2. The number of carbonyl (C=O) groups is 2. The Morgan fingerprint density at radius 3 is 2.22 bits per heavy atom. The second-order valence-corrected chi connectivity index (χ2v) is 9.20. The van der Waals surface area contributed by atoms with Gasteiger partial charge >= 0.3 is 0 Å². The molecule has 2 aliphatic rings. The molecule has 198 valence electrons. The number of hydrogen-bond donors (Lipinski definition) is 1. The molecule has 2 heterocycles. The fraction of sp³-hybridized carbons (Fsp3) is 0.407. The monoisotopic (exact) mass is 530 g/mol. The highest BCUT2D eigenvalue weighted by Gasteiger charge is 2.44. The number of halogens is 1. The number of methoxy groups -OCH3 is 3. The molecule has 0 aromatic heterocycles. The molecule has 0 radical (unpaired) electrons. The van der Waals surface area contributed by atoms with Gasteiger partial charge < -0.3 is 29.0 Å². The minimum atomic E-state index is -0.853. The standard InChI is InChI=1S/C27H31ClN2O7/c1-34-20-15-18(16-21(35-2)26(20)36-3)23-22(24(31)17-5-7-19(28)8-6-17)25(32)27(33)30(23)10-4-9-29-11-13-37-14-12-29/h5-8,15-16,23,32H,4,9-14H2,1-3H3. The number of nitrogens with zero attached hydrogens (tertiary/aromatic N) is 2. The van der Waals surface area contributed by atoms with E-state index in [0.29, 0.717) is 59.6 Å². The Morgan fingerprint density at radius 2 is 1.65 bits per heavy atom. The van der Waals surface area contributed by atoms with Crippen LogP contribution in [0.15, 0.2) is 47.7 Å². The van der Waals surface area contributed by atoms with Gasteiger partial charge in [-0.3, -0.25) is 14.5 Å². The molecule has 1 fully saturated rings. The normalized spacial score (nSPS) is 18.3. The third-order valence-corrected chi connectivity index (χ3v) is 6.89. The van der Waals surface area contributed by atoms with Crippen LogP contribution in [0.1, 0.15) is 28.4 Å². The number of ketones is 1. The lowest BCUT2D eigenvalue weighted by molar-refractivity contribution is -0.129. The number of aliphatic hydroxyl groups excluding tert-OH is 1. The summed E-state index contributed by atoms with van der Waals surface area (Å²) in [5, 5.41) is 11.5. The zero-order valence-corrected chi connectivity index (χ0v) is 21.9. The quantitative estimate of drug-likeness (QED) is 0.465. The third kappa shape index (κ3) is 5.53. The largest absolute Gasteiger partial charge is 0.503 e. The number of Topliss-reactive ketones (excluding diaryl/α,β-unsaturated/α-hetero) is 1. The van der Waals surface area contributed by atoms with Gasteiger partial charge in [-0.2, -0.15) is 0 Å². The second kappa shape index (κ2) is 11.9. The summed E-state index contributed by atoms with van der Waals surface area (Å²) in [6.45, 7) is 4.11. The van der Waals surface area contributed by atoms with E-state index in [0.717, 1.165) is 19.6 Å². The predicted molar refractivity (Wildman–Crippen MR) is 138 cm³/mol. The van der Waals surface area contributed by atoms with E-state index in [2.05, 4.69) is 4.90 Å². The van der Waals surface area contributed by atoms with E-state index in [1.807, 2.05) is 0 Å². The van der Waals surface area contributed by atoms with Gasteiger partial charge in [-0.05, 0) is 48.4 Å². The summed E-state index contributed by atoms with van der Waals surface area (Å²) in [7, 11) is 4.49. The van der Waals surface area contributed by atoms with Crippen LogP contribution in [-0.4, -0.2) is 87.3 Å². The Kier molecular flexibility index (Phi) is 8.58. The van der Waals surface area contributed by atoms with Crippen LogP contribution in [0, 0.1) is 0 Å². The average Bonchev–Trinajstić information content (AvgIpc) is 3.17. The number of amides is 1. The van der Waals surface area contributed by atoms with Gasteiger partial charge in [0.05, 0.1) is 46.2 Å². The highest BCUT2D eigenvalue weighted by Crippen LogP contribution is 2.45. The summed E-state index contributed by atoms with van der Waals surface area (Å²) in [5.41, 5.74) is 0.856. The maximum atomic E-state index is 13.6. The van der Waals surface area contributed by atoms with Gasteiger partial charge in [-0.1, -0.05) is 11.6 Å². The molecule has 4 rings (SSSR count). The average molecular weight is 531 g/mol. The van der Waals surface area contributed by atoms with Crippen molar-refractivity contribution in [3.05, 3.63) is 63.9 Å². The molecule has 37 heavy (non-hydrogen) atoms. The van der Waals surface area contributed by atoms with Gasteiger partial charge in [-0.15, -0.1) is 0 Å². The predicted octanol–water partition coefficient (Wildman–Crippen LogP) is 3.67. The van der Waals surface area contributed by atoms with Crippen LogP contribution in [0.3, 0.4) is 0 Å². The molecule has 0 saturated carbocycles. The number of aliphatic hydroxyl groups is 1. The van der Waals surface area contributed by atoms with Gasteiger partial charge in [0.15, 0.2) is 23.0 Å². The van der Waals surface area contributed by atoms with Gasteiger partial charge in [0.2, 0.25) is 5.75 Å². The molecule has 9 nitrogen and oxygen atoms in total. The molecule has 0 bridgehead atoms. The molecule has 2 aromatic carbocycles. The molecule has 1 unspecified atom stereocenters. The van der Waals surface area contributed by atoms with Gasteiger partial charge in [0, 0.05) is 36.8 Å². The van der Waals surface area contributed by atoms with E-state index in [-0.39, 0.29) is 5.57 Å². The Balaban J connectivity index is 1.73. The summed E-state index contributed by atoms with van der Waals surface area (Å²) in [4.78, 5) is 30.8. The third-order valence-electron chi connectivity index (χ3n) is 6.63. The van der Waals surface area contributed by atoms with Gasteiger partial charge in [0.25, 0.3) is 5.91 Å². The van der Waals surface area contributed by atoms with Gasteiger partial charge in [0.1, 0.15) is 0 Å². The molecule has 1 saturated heterocycles. The first-order valence-corrected chi connectivity index (χ1v) is 12.4. The topological polar surface area (TPSA) is 97.8 Å². The first kappa shape index (κ1) is 26.8. The Hall–Kier alpha value is -3.27. The summed E-state index contributed by atoms with van der Waals surface area (Å²) in [5.74, 6) is -0.486. The number of rotatable bonds is 10. The molecule has 0 aliphatic carbocycles. The van der Waals surface area contributed by atoms with Crippen LogP contribution in [-0.2, 0) is 9.53 Å². The number of hydrogen-bond acceptors (Lipinski definition) is 8. The molecule has 0 spiro atoms. The van der Waals surface area contributed by atoms with Crippen LogP contribution in [0.5, 0.6) is 17.2 Å². The van der Waals surface area contributed by atoms with Crippen molar-refractivity contribution in [1.29, 1.82) is 0 Å². The van der Waals surface area contributed by atoms with E-state index < -0.39 is 23.5 Å². The molecular formula is C27H31ClN2O7. The van der Waals surface area contributed by atoms with Crippen LogP contribution in [0.4, 0.5) is 0 Å². The van der Waals surface area contributed by atoms with Gasteiger partial charge in [-0.25, -0.2) is 0 Å². The lowest BCUT2D eigenvalue weighted by Crippen LogP contribution is -2.39. The van der Waals surface area contributed by atoms with E-state index in [9.17, 15) is 14.7 Å². The van der Waals surface area contributed by atoms with Crippen LogP contribution < -0.4 is 14.2 Å². The molecule has 1 atom stereocenters. The van der Waals surface area contributed by atoms with Crippen molar-refractivity contribution in [2.24, 2.45) is 0 Å². The van der Waals surface area contributed by atoms with Crippen LogP contribution >= 0.6 is 11.6 Å². The van der Waals surface area contributed by atoms with Crippen molar-refractivity contribution in [2.75, 3.05) is 60.7 Å². The number of ether oxygens (including phenoxy) is 4. The highest BCUT2D eigenvalue weighted by molar-refractivity contribution is 6.30. The number of morpholine rings is 1. The molecule has 1 amide bonds. The van der Waals surface area contributed by atoms with Crippen molar-refractivity contribution < 1.29 is 33.6 Å². The molecule has 2 aromatic rings. The molecular weight excluding hydrogens is 500 g/mol. The summed E-state index contributed by atoms with van der Waals surface area (Å²) in [6, 6.07) is 8.87. The maximum absolute atomic E-state index is 13.6. The fourth-order valence-corrected chi connectivity index (χ4v) is 4.89. The van der Waals surface area contributed by atoms with E-state index in [1.54, 1.807) is 36.4 Å². The fourth-order valence-electron chi connectivity index (χ4n) is 4.77. The summed E-state index contributed by atoms with van der Waals surface area (Å²) < 4.78 is 21.9. The van der Waals surface area contributed by atoms with E-state index in [4.69, 9.17) is 30.5 Å². The number of carbonyl (C=O) groups excluding carboxylic acids is 2. The van der Waals surface area contributed by atoms with Crippen LogP contribution in [0.2, 0.25) is 5.02 Å².